The number of nitriles is 1. The molecule has 1 aromatic carbocycles. The monoisotopic (exact) mass is 421 g/mol. The van der Waals surface area contributed by atoms with Gasteiger partial charge in [-0.1, -0.05) is 11.6 Å². The van der Waals surface area contributed by atoms with Crippen LogP contribution in [0, 0.1) is 11.3 Å². The summed E-state index contributed by atoms with van der Waals surface area (Å²) in [6, 6.07) is 11.0. The van der Waals surface area contributed by atoms with Crippen molar-refractivity contribution >= 4 is 28.9 Å². The van der Waals surface area contributed by atoms with Gasteiger partial charge < -0.3 is 15.3 Å². The number of aromatic nitrogens is 4. The van der Waals surface area contributed by atoms with Crippen LogP contribution < -0.4 is 10.2 Å². The van der Waals surface area contributed by atoms with Gasteiger partial charge in [0.1, 0.15) is 23.8 Å². The number of anilines is 3. The van der Waals surface area contributed by atoms with Crippen molar-refractivity contribution < 1.29 is 5.11 Å². The molecular formula is C21H20ClN7O. The number of fused-ring (bicyclic) bond motifs is 1. The fourth-order valence-corrected chi connectivity index (χ4v) is 3.54. The largest absolute Gasteiger partial charge is 0.384 e. The maximum atomic E-state index is 10.0. The van der Waals surface area contributed by atoms with Gasteiger partial charge in [0.25, 0.3) is 0 Å². The first-order valence-electron chi connectivity index (χ1n) is 9.46. The number of benzene rings is 1. The minimum absolute atomic E-state index is 0.443. The third kappa shape index (κ3) is 4.03. The number of nitrogens with zero attached hydrogens (tertiary/aromatic N) is 6. The molecule has 0 spiro atoms. The van der Waals surface area contributed by atoms with Gasteiger partial charge in [-0.25, -0.2) is 9.97 Å². The van der Waals surface area contributed by atoms with Crippen molar-refractivity contribution in [2.75, 3.05) is 16.8 Å². The quantitative estimate of drug-likeness (QED) is 0.659. The van der Waals surface area contributed by atoms with E-state index in [0.717, 1.165) is 29.9 Å². The predicted molar refractivity (Wildman–Crippen MR) is 114 cm³/mol. The van der Waals surface area contributed by atoms with Crippen molar-refractivity contribution in [1.29, 1.82) is 5.26 Å². The lowest BCUT2D eigenvalue weighted by molar-refractivity contribution is 0.0729. The van der Waals surface area contributed by atoms with Crippen molar-refractivity contribution in [3.8, 4) is 6.07 Å². The number of rotatable bonds is 4. The molecule has 152 valence electrons. The Bertz CT molecular complexity index is 1120. The third-order valence-electron chi connectivity index (χ3n) is 4.98. The van der Waals surface area contributed by atoms with Crippen molar-refractivity contribution in [2.45, 2.75) is 32.4 Å². The van der Waals surface area contributed by atoms with E-state index in [2.05, 4.69) is 36.5 Å². The molecule has 0 radical (unpaired) electrons. The molecule has 30 heavy (non-hydrogen) atoms. The van der Waals surface area contributed by atoms with Crippen LogP contribution in [0.25, 0.3) is 0 Å². The Kier molecular flexibility index (Phi) is 5.24. The fourth-order valence-electron chi connectivity index (χ4n) is 3.32. The smallest absolute Gasteiger partial charge is 0.154 e. The molecule has 4 rings (SSSR count). The van der Waals surface area contributed by atoms with E-state index < -0.39 is 5.60 Å². The van der Waals surface area contributed by atoms with Crippen LogP contribution in [0.15, 0.2) is 36.7 Å². The molecule has 0 aliphatic carbocycles. The van der Waals surface area contributed by atoms with Crippen LogP contribution in [0.2, 0.25) is 5.02 Å². The zero-order valence-electron chi connectivity index (χ0n) is 16.6. The molecule has 2 aromatic heterocycles. The van der Waals surface area contributed by atoms with Crippen LogP contribution in [-0.2, 0) is 18.6 Å². The zero-order valence-corrected chi connectivity index (χ0v) is 17.3. The summed E-state index contributed by atoms with van der Waals surface area (Å²) in [5, 5.41) is 31.0. The van der Waals surface area contributed by atoms with Gasteiger partial charge >= 0.3 is 0 Å². The lowest BCUT2D eigenvalue weighted by atomic mass is 10.0. The molecular weight excluding hydrogens is 402 g/mol. The Morgan fingerprint density at radius 1 is 1.20 bits per heavy atom. The van der Waals surface area contributed by atoms with Crippen molar-refractivity contribution in [2.24, 2.45) is 0 Å². The van der Waals surface area contributed by atoms with Crippen LogP contribution in [-0.4, -0.2) is 31.8 Å². The van der Waals surface area contributed by atoms with E-state index in [1.165, 1.54) is 6.33 Å². The molecule has 0 fully saturated rings. The van der Waals surface area contributed by atoms with Crippen molar-refractivity contribution in [1.82, 2.24) is 20.2 Å². The molecule has 1 aliphatic rings. The zero-order chi connectivity index (χ0) is 21.3. The summed E-state index contributed by atoms with van der Waals surface area (Å²) in [4.78, 5) is 11.0. The summed E-state index contributed by atoms with van der Waals surface area (Å²) in [6.45, 7) is 4.70. The number of nitrogens with one attached hydrogen (secondary N) is 1. The Hall–Kier alpha value is -3.28. The number of hydrogen-bond acceptors (Lipinski definition) is 8. The lowest BCUT2D eigenvalue weighted by Crippen LogP contribution is -2.31. The highest BCUT2D eigenvalue weighted by atomic mass is 35.5. The second-order valence-electron chi connectivity index (χ2n) is 7.58. The molecule has 0 unspecified atom stereocenters. The molecule has 0 saturated carbocycles. The average molecular weight is 422 g/mol. The van der Waals surface area contributed by atoms with E-state index in [4.69, 9.17) is 16.9 Å². The van der Waals surface area contributed by atoms with Gasteiger partial charge in [-0.15, -0.1) is 5.10 Å². The second kappa shape index (κ2) is 7.86. The summed E-state index contributed by atoms with van der Waals surface area (Å²) in [5.74, 6) is 1.24. The first-order chi connectivity index (χ1) is 14.3. The van der Waals surface area contributed by atoms with Crippen LogP contribution in [0.1, 0.15) is 36.4 Å². The minimum Gasteiger partial charge on any atom is -0.384 e. The topological polar surface area (TPSA) is 111 Å². The molecule has 0 saturated heterocycles. The summed E-state index contributed by atoms with van der Waals surface area (Å²) >= 11 is 6.19. The Labute approximate surface area is 179 Å². The van der Waals surface area contributed by atoms with E-state index in [1.807, 2.05) is 12.1 Å². The molecule has 0 amide bonds. The molecule has 2 N–H and O–H groups in total. The van der Waals surface area contributed by atoms with E-state index in [-0.39, 0.29) is 0 Å². The van der Waals surface area contributed by atoms with Gasteiger partial charge in [-0.3, -0.25) is 0 Å². The molecule has 9 heteroatoms. The highest BCUT2D eigenvalue weighted by Gasteiger charge is 2.22. The van der Waals surface area contributed by atoms with Crippen LogP contribution in [0.5, 0.6) is 0 Å². The van der Waals surface area contributed by atoms with Gasteiger partial charge in [0.15, 0.2) is 5.82 Å². The van der Waals surface area contributed by atoms with Gasteiger partial charge in [-0.05, 0) is 50.6 Å². The molecule has 1 aliphatic heterocycles. The fraction of sp³-hybridized carbons (Fsp3) is 0.286. The van der Waals surface area contributed by atoms with E-state index in [9.17, 15) is 5.11 Å². The number of aliphatic hydroxyl groups is 1. The normalized spacial score (nSPS) is 13.5. The first-order valence-corrected chi connectivity index (χ1v) is 9.84. The summed E-state index contributed by atoms with van der Waals surface area (Å²) in [6.07, 6.45) is 2.26. The molecule has 8 nitrogen and oxygen atoms in total. The number of hydrogen-bond donors (Lipinski definition) is 2. The Morgan fingerprint density at radius 3 is 2.70 bits per heavy atom. The van der Waals surface area contributed by atoms with Gasteiger partial charge in [0.2, 0.25) is 0 Å². The van der Waals surface area contributed by atoms with Crippen molar-refractivity contribution in [3.05, 3.63) is 64.2 Å². The molecule has 0 atom stereocenters. The number of halogens is 1. The summed E-state index contributed by atoms with van der Waals surface area (Å²) in [7, 11) is 0. The average Bonchev–Trinajstić information content (AvgIpc) is 2.73. The summed E-state index contributed by atoms with van der Waals surface area (Å²) in [5.41, 5.74) is 2.81. The van der Waals surface area contributed by atoms with Gasteiger partial charge in [-0.2, -0.15) is 10.4 Å². The molecule has 3 aromatic rings. The van der Waals surface area contributed by atoms with Crippen molar-refractivity contribution in [3.63, 3.8) is 0 Å². The maximum absolute atomic E-state index is 10.0. The SMILES string of the molecule is CC(C)(O)c1ccc(Nc2ncnc3c2CCN(c2ccc(C#N)c(Cl)c2)C3)nn1. The van der Waals surface area contributed by atoms with Crippen LogP contribution >= 0.6 is 11.6 Å². The lowest BCUT2D eigenvalue weighted by Gasteiger charge is -2.30. The van der Waals surface area contributed by atoms with Crippen LogP contribution in [0.3, 0.4) is 0 Å². The standard InChI is InChI=1S/C21H20ClN7O/c1-21(2,30)18-5-6-19(28-27-18)26-20-15-7-8-29(11-17(15)24-12-25-20)14-4-3-13(10-23)16(22)9-14/h3-6,9,12,30H,7-8,11H2,1-2H3,(H,24,25,26,28). The molecule has 3 heterocycles. The second-order valence-corrected chi connectivity index (χ2v) is 7.99. The maximum Gasteiger partial charge on any atom is 0.154 e. The van der Waals surface area contributed by atoms with E-state index in [0.29, 0.717) is 34.5 Å². The first kappa shape index (κ1) is 20.0. The Morgan fingerprint density at radius 2 is 2.03 bits per heavy atom. The summed E-state index contributed by atoms with van der Waals surface area (Å²) < 4.78 is 0. The predicted octanol–water partition coefficient (Wildman–Crippen LogP) is 3.33. The van der Waals surface area contributed by atoms with E-state index in [1.54, 1.807) is 32.0 Å². The minimum atomic E-state index is -1.04. The van der Waals surface area contributed by atoms with Gasteiger partial charge in [0.05, 0.1) is 28.5 Å². The Balaban J connectivity index is 1.54. The van der Waals surface area contributed by atoms with Gasteiger partial charge in [0, 0.05) is 17.8 Å². The molecule has 0 bridgehead atoms. The van der Waals surface area contributed by atoms with Crippen LogP contribution in [0.4, 0.5) is 17.3 Å². The van der Waals surface area contributed by atoms with E-state index >= 15 is 0 Å². The highest BCUT2D eigenvalue weighted by Crippen LogP contribution is 2.30. The highest BCUT2D eigenvalue weighted by molar-refractivity contribution is 6.32. The third-order valence-corrected chi connectivity index (χ3v) is 5.30.